The van der Waals surface area contributed by atoms with Crippen LogP contribution >= 0.6 is 0 Å². The zero-order chi connectivity index (χ0) is 16.9. The van der Waals surface area contributed by atoms with Gasteiger partial charge in [-0.3, -0.25) is 9.59 Å². The number of nitrogens with zero attached hydrogens (tertiary/aromatic N) is 3. The van der Waals surface area contributed by atoms with Crippen molar-refractivity contribution in [2.24, 2.45) is 11.8 Å². The van der Waals surface area contributed by atoms with Gasteiger partial charge in [-0.05, 0) is 30.5 Å². The fraction of sp³-hybridized carbons (Fsp3) is 0.294. The second-order valence-electron chi connectivity index (χ2n) is 5.77. The first kappa shape index (κ1) is 15.9. The van der Waals surface area contributed by atoms with Crippen LogP contribution in [-0.2, 0) is 16.1 Å². The Kier molecular flexibility index (Phi) is 4.69. The number of carbonyl (C=O) groups is 2. The van der Waals surface area contributed by atoms with Crippen LogP contribution in [0.3, 0.4) is 0 Å². The average Bonchev–Trinajstić information content (AvgIpc) is 3.09. The summed E-state index contributed by atoms with van der Waals surface area (Å²) in [5.41, 5.74) is 1.68. The Bertz CT molecular complexity index is 738. The Morgan fingerprint density at radius 3 is 2.50 bits per heavy atom. The number of rotatable bonds is 5. The Balaban J connectivity index is 1.63. The van der Waals surface area contributed by atoms with Crippen molar-refractivity contribution in [2.75, 3.05) is 5.32 Å². The molecule has 1 aliphatic carbocycles. The molecule has 0 bridgehead atoms. The fourth-order valence-electron chi connectivity index (χ4n) is 2.81. The molecule has 0 radical (unpaired) electrons. The molecule has 3 rings (SSSR count). The second kappa shape index (κ2) is 7.08. The van der Waals surface area contributed by atoms with Crippen LogP contribution in [0.15, 0.2) is 49.1 Å². The topological polar surface area (TPSA) is 97.1 Å². The van der Waals surface area contributed by atoms with E-state index in [-0.39, 0.29) is 5.91 Å². The standard InChI is InChI=1S/C17H18N4O3/c22-16(14-3-1-2-4-15(14)17(23)24)20-13-7-5-12(6-8-13)9-21-11-18-10-19-21/h1-2,5-8,10-11,14-15H,3-4,9H2,(H,20,22)(H,23,24)/t14-,15+/m1/s1. The van der Waals surface area contributed by atoms with E-state index in [1.165, 1.54) is 6.33 Å². The molecule has 0 aliphatic heterocycles. The van der Waals surface area contributed by atoms with Gasteiger partial charge >= 0.3 is 5.97 Å². The smallest absolute Gasteiger partial charge is 0.307 e. The molecule has 2 aromatic rings. The molecular formula is C17H18N4O3. The predicted molar refractivity (Wildman–Crippen MR) is 87.2 cm³/mol. The van der Waals surface area contributed by atoms with Crippen molar-refractivity contribution >= 4 is 17.6 Å². The first-order chi connectivity index (χ1) is 11.6. The summed E-state index contributed by atoms with van der Waals surface area (Å²) in [5.74, 6) is -2.39. The highest BCUT2D eigenvalue weighted by Gasteiger charge is 2.33. The Morgan fingerprint density at radius 2 is 1.88 bits per heavy atom. The molecular weight excluding hydrogens is 308 g/mol. The van der Waals surface area contributed by atoms with Gasteiger partial charge in [0, 0.05) is 5.69 Å². The summed E-state index contributed by atoms with van der Waals surface area (Å²) in [5, 5.41) is 16.1. The summed E-state index contributed by atoms with van der Waals surface area (Å²) >= 11 is 0. The van der Waals surface area contributed by atoms with Crippen molar-refractivity contribution in [2.45, 2.75) is 19.4 Å². The van der Waals surface area contributed by atoms with Gasteiger partial charge in [0.05, 0.1) is 18.4 Å². The molecule has 24 heavy (non-hydrogen) atoms. The largest absolute Gasteiger partial charge is 0.481 e. The van der Waals surface area contributed by atoms with E-state index in [2.05, 4.69) is 15.4 Å². The van der Waals surface area contributed by atoms with Gasteiger partial charge in [0.15, 0.2) is 0 Å². The normalized spacial score (nSPS) is 19.8. The van der Waals surface area contributed by atoms with Gasteiger partial charge in [-0.25, -0.2) is 9.67 Å². The number of aliphatic carboxylic acids is 1. The van der Waals surface area contributed by atoms with Gasteiger partial charge in [0.25, 0.3) is 0 Å². The van der Waals surface area contributed by atoms with Crippen LogP contribution in [0.1, 0.15) is 18.4 Å². The van der Waals surface area contributed by atoms with Gasteiger partial charge in [-0.2, -0.15) is 5.10 Å². The van der Waals surface area contributed by atoms with E-state index in [0.29, 0.717) is 25.1 Å². The first-order valence-corrected chi connectivity index (χ1v) is 7.73. The van der Waals surface area contributed by atoms with Gasteiger partial charge in [0.2, 0.25) is 5.91 Å². The van der Waals surface area contributed by atoms with Gasteiger partial charge in [-0.15, -0.1) is 0 Å². The fourth-order valence-corrected chi connectivity index (χ4v) is 2.81. The number of anilines is 1. The lowest BCUT2D eigenvalue weighted by Gasteiger charge is -2.24. The maximum Gasteiger partial charge on any atom is 0.307 e. The van der Waals surface area contributed by atoms with Crippen molar-refractivity contribution in [1.82, 2.24) is 14.8 Å². The van der Waals surface area contributed by atoms with E-state index in [1.807, 2.05) is 24.3 Å². The number of nitrogens with one attached hydrogen (secondary N) is 1. The molecule has 7 nitrogen and oxygen atoms in total. The van der Waals surface area contributed by atoms with Crippen LogP contribution in [0, 0.1) is 11.8 Å². The van der Waals surface area contributed by atoms with E-state index < -0.39 is 17.8 Å². The molecule has 0 fully saturated rings. The molecule has 1 aromatic carbocycles. The summed E-state index contributed by atoms with van der Waals surface area (Å²) in [6.45, 7) is 0.600. The van der Waals surface area contributed by atoms with E-state index in [9.17, 15) is 14.7 Å². The summed E-state index contributed by atoms with van der Waals surface area (Å²) < 4.78 is 1.71. The maximum absolute atomic E-state index is 12.4. The molecule has 0 saturated carbocycles. The Hall–Kier alpha value is -2.96. The summed E-state index contributed by atoms with van der Waals surface area (Å²) in [6, 6.07) is 7.40. The maximum atomic E-state index is 12.4. The summed E-state index contributed by atoms with van der Waals surface area (Å²) in [6.07, 6.45) is 7.65. The number of aromatic nitrogens is 3. The number of allylic oxidation sites excluding steroid dienone is 2. The average molecular weight is 326 g/mol. The molecule has 1 amide bonds. The van der Waals surface area contributed by atoms with Crippen molar-refractivity contribution in [3.63, 3.8) is 0 Å². The number of benzene rings is 1. The highest BCUT2D eigenvalue weighted by molar-refractivity contribution is 5.95. The molecule has 1 heterocycles. The monoisotopic (exact) mass is 326 g/mol. The Labute approximate surface area is 139 Å². The third kappa shape index (κ3) is 3.68. The van der Waals surface area contributed by atoms with Crippen LogP contribution in [-0.4, -0.2) is 31.7 Å². The minimum absolute atomic E-state index is 0.254. The first-order valence-electron chi connectivity index (χ1n) is 7.73. The third-order valence-electron chi connectivity index (χ3n) is 4.12. The van der Waals surface area contributed by atoms with Gasteiger partial charge in [-0.1, -0.05) is 24.3 Å². The van der Waals surface area contributed by atoms with Crippen LogP contribution in [0.5, 0.6) is 0 Å². The molecule has 1 aliphatic rings. The lowest BCUT2D eigenvalue weighted by Crippen LogP contribution is -2.34. The lowest BCUT2D eigenvalue weighted by molar-refractivity contribution is -0.146. The zero-order valence-corrected chi connectivity index (χ0v) is 13.0. The SMILES string of the molecule is O=C(O)[C@H]1CC=CC[C@H]1C(=O)Nc1ccc(Cn2cncn2)cc1. The molecule has 2 atom stereocenters. The Morgan fingerprint density at radius 1 is 1.17 bits per heavy atom. The quantitative estimate of drug-likeness (QED) is 0.818. The van der Waals surface area contributed by atoms with E-state index in [4.69, 9.17) is 0 Å². The van der Waals surface area contributed by atoms with Crippen LogP contribution < -0.4 is 5.32 Å². The van der Waals surface area contributed by atoms with Gasteiger partial charge in [0.1, 0.15) is 12.7 Å². The predicted octanol–water partition coefficient (Wildman–Crippen LogP) is 1.93. The summed E-state index contributed by atoms with van der Waals surface area (Å²) in [7, 11) is 0. The van der Waals surface area contributed by atoms with Crippen LogP contribution in [0.4, 0.5) is 5.69 Å². The number of hydrogen-bond acceptors (Lipinski definition) is 4. The molecule has 124 valence electrons. The highest BCUT2D eigenvalue weighted by atomic mass is 16.4. The number of carbonyl (C=O) groups excluding carboxylic acids is 1. The van der Waals surface area contributed by atoms with Crippen molar-refractivity contribution in [3.8, 4) is 0 Å². The minimum atomic E-state index is -0.928. The second-order valence-corrected chi connectivity index (χ2v) is 5.77. The van der Waals surface area contributed by atoms with Crippen molar-refractivity contribution < 1.29 is 14.7 Å². The molecule has 7 heteroatoms. The number of carboxylic acid groups (broad SMARTS) is 1. The van der Waals surface area contributed by atoms with Gasteiger partial charge < -0.3 is 10.4 Å². The molecule has 0 spiro atoms. The molecule has 0 saturated heterocycles. The molecule has 0 unspecified atom stereocenters. The lowest BCUT2D eigenvalue weighted by atomic mass is 9.82. The third-order valence-corrected chi connectivity index (χ3v) is 4.12. The minimum Gasteiger partial charge on any atom is -0.481 e. The molecule has 1 aromatic heterocycles. The summed E-state index contributed by atoms with van der Waals surface area (Å²) in [4.78, 5) is 27.6. The molecule has 2 N–H and O–H groups in total. The van der Waals surface area contributed by atoms with Crippen molar-refractivity contribution in [3.05, 3.63) is 54.6 Å². The van der Waals surface area contributed by atoms with Crippen LogP contribution in [0.25, 0.3) is 0 Å². The zero-order valence-electron chi connectivity index (χ0n) is 13.0. The highest BCUT2D eigenvalue weighted by Crippen LogP contribution is 2.27. The van der Waals surface area contributed by atoms with E-state index >= 15 is 0 Å². The number of carboxylic acids is 1. The van der Waals surface area contributed by atoms with E-state index in [0.717, 1.165) is 5.56 Å². The number of hydrogen-bond donors (Lipinski definition) is 2. The van der Waals surface area contributed by atoms with Crippen LogP contribution in [0.2, 0.25) is 0 Å². The van der Waals surface area contributed by atoms with E-state index in [1.54, 1.807) is 23.1 Å². The van der Waals surface area contributed by atoms with Crippen molar-refractivity contribution in [1.29, 1.82) is 0 Å². The number of amides is 1.